The van der Waals surface area contributed by atoms with Crippen molar-refractivity contribution in [3.63, 3.8) is 0 Å². The molecule has 3 rings (SSSR count). The molecule has 0 bridgehead atoms. The molecule has 2 aromatic rings. The number of fused-ring (bicyclic) bond motifs is 2. The van der Waals surface area contributed by atoms with Crippen molar-refractivity contribution in [1.82, 2.24) is 0 Å². The molecule has 0 aromatic heterocycles. The summed E-state index contributed by atoms with van der Waals surface area (Å²) in [5.41, 5.74) is 9.64. The van der Waals surface area contributed by atoms with Crippen molar-refractivity contribution in [1.29, 1.82) is 0 Å². The van der Waals surface area contributed by atoms with Gasteiger partial charge in [-0.2, -0.15) is 0 Å². The van der Waals surface area contributed by atoms with Crippen LogP contribution in [0.25, 0.3) is 0 Å². The molecule has 0 radical (unpaired) electrons. The van der Waals surface area contributed by atoms with Crippen molar-refractivity contribution in [2.45, 2.75) is 46.0 Å². The molecule has 1 atom stereocenters. The van der Waals surface area contributed by atoms with Crippen molar-refractivity contribution >= 4 is 33.2 Å². The SMILES string of the molecule is CCCCC(CC)Cc1c(N)cc(Br)c2c1C(=O)c1ccccc1C2=O. The Labute approximate surface area is 163 Å². The number of unbranched alkanes of at least 4 members (excludes halogenated alkanes) is 1. The molecule has 0 saturated heterocycles. The average molecular weight is 414 g/mol. The summed E-state index contributed by atoms with van der Waals surface area (Å²) in [5, 5.41) is 0. The predicted molar refractivity (Wildman–Crippen MR) is 109 cm³/mol. The van der Waals surface area contributed by atoms with Crippen LogP contribution in [0.15, 0.2) is 34.8 Å². The number of ketones is 2. The van der Waals surface area contributed by atoms with Gasteiger partial charge < -0.3 is 5.73 Å². The second-order valence-electron chi connectivity index (χ2n) is 7.00. The van der Waals surface area contributed by atoms with E-state index < -0.39 is 0 Å². The number of benzene rings is 2. The monoisotopic (exact) mass is 413 g/mol. The van der Waals surface area contributed by atoms with E-state index in [-0.39, 0.29) is 11.6 Å². The number of carbonyl (C=O) groups is 2. The Kier molecular flexibility index (Phi) is 5.61. The van der Waals surface area contributed by atoms with Crippen molar-refractivity contribution in [2.24, 2.45) is 5.92 Å². The molecule has 4 heteroatoms. The van der Waals surface area contributed by atoms with E-state index in [1.54, 1.807) is 30.3 Å². The molecule has 0 saturated carbocycles. The molecule has 26 heavy (non-hydrogen) atoms. The first-order chi connectivity index (χ1) is 12.5. The number of nitrogens with two attached hydrogens (primary N) is 1. The summed E-state index contributed by atoms with van der Waals surface area (Å²) in [5.74, 6) is 0.260. The van der Waals surface area contributed by atoms with Crippen LogP contribution < -0.4 is 5.73 Å². The predicted octanol–water partition coefficient (Wildman–Crippen LogP) is 5.57. The molecule has 0 amide bonds. The van der Waals surface area contributed by atoms with Crippen molar-refractivity contribution in [3.8, 4) is 0 Å². The van der Waals surface area contributed by atoms with Gasteiger partial charge in [0.05, 0.1) is 0 Å². The summed E-state index contributed by atoms with van der Waals surface area (Å²) in [7, 11) is 0. The Balaban J connectivity index is 2.14. The zero-order valence-corrected chi connectivity index (χ0v) is 16.9. The highest BCUT2D eigenvalue weighted by Crippen LogP contribution is 2.38. The Morgan fingerprint density at radius 2 is 1.65 bits per heavy atom. The first-order valence-corrected chi connectivity index (χ1v) is 10.1. The molecular formula is C22H24BrNO2. The topological polar surface area (TPSA) is 60.2 Å². The number of carbonyl (C=O) groups excluding carboxylic acids is 2. The standard InChI is InChI=1S/C22H24BrNO2/c1-3-5-8-13(4-2)11-16-18(24)12-17(23)20-19(16)21(25)14-9-6-7-10-15(14)22(20)26/h6-7,9-10,12-13H,3-5,8,11,24H2,1-2H3. The van der Waals surface area contributed by atoms with Crippen LogP contribution in [-0.2, 0) is 6.42 Å². The van der Waals surface area contributed by atoms with Crippen LogP contribution in [0.3, 0.4) is 0 Å². The molecule has 2 aromatic carbocycles. The lowest BCUT2D eigenvalue weighted by atomic mass is 9.78. The molecular weight excluding hydrogens is 390 g/mol. The zero-order chi connectivity index (χ0) is 18.8. The first kappa shape index (κ1) is 18.8. The van der Waals surface area contributed by atoms with Gasteiger partial charge in [0.2, 0.25) is 0 Å². The minimum atomic E-state index is -0.107. The van der Waals surface area contributed by atoms with Gasteiger partial charge in [-0.05, 0) is 39.9 Å². The van der Waals surface area contributed by atoms with E-state index in [1.807, 2.05) is 0 Å². The van der Waals surface area contributed by atoms with E-state index in [0.717, 1.165) is 37.7 Å². The summed E-state index contributed by atoms with van der Waals surface area (Å²) in [4.78, 5) is 26.3. The molecule has 1 aliphatic carbocycles. The highest BCUT2D eigenvalue weighted by atomic mass is 79.9. The Morgan fingerprint density at radius 3 is 2.23 bits per heavy atom. The average Bonchev–Trinajstić information content (AvgIpc) is 2.64. The van der Waals surface area contributed by atoms with Gasteiger partial charge in [0, 0.05) is 32.4 Å². The number of hydrogen-bond acceptors (Lipinski definition) is 3. The number of nitrogen functional groups attached to an aromatic ring is 1. The molecule has 136 valence electrons. The molecule has 0 heterocycles. The van der Waals surface area contributed by atoms with Crippen molar-refractivity contribution in [3.05, 3.63) is 62.6 Å². The van der Waals surface area contributed by atoms with Gasteiger partial charge in [-0.25, -0.2) is 0 Å². The minimum absolute atomic E-state index is 0.0939. The number of halogens is 1. The van der Waals surface area contributed by atoms with E-state index in [0.29, 0.717) is 38.3 Å². The third-order valence-electron chi connectivity index (χ3n) is 5.33. The third kappa shape index (κ3) is 3.23. The zero-order valence-electron chi connectivity index (χ0n) is 15.3. The normalized spacial score (nSPS) is 14.1. The molecule has 2 N–H and O–H groups in total. The summed E-state index contributed by atoms with van der Waals surface area (Å²) < 4.78 is 0.600. The van der Waals surface area contributed by atoms with E-state index in [4.69, 9.17) is 5.73 Å². The van der Waals surface area contributed by atoms with Crippen LogP contribution in [0, 0.1) is 5.92 Å². The molecule has 0 fully saturated rings. The highest BCUT2D eigenvalue weighted by molar-refractivity contribution is 9.10. The van der Waals surface area contributed by atoms with Gasteiger partial charge in [0.15, 0.2) is 11.6 Å². The van der Waals surface area contributed by atoms with Crippen molar-refractivity contribution in [2.75, 3.05) is 5.73 Å². The molecule has 0 aliphatic heterocycles. The lowest BCUT2D eigenvalue weighted by molar-refractivity contribution is 0.0977. The van der Waals surface area contributed by atoms with E-state index in [1.165, 1.54) is 0 Å². The fourth-order valence-corrected chi connectivity index (χ4v) is 4.41. The van der Waals surface area contributed by atoms with Crippen LogP contribution in [0.2, 0.25) is 0 Å². The second-order valence-corrected chi connectivity index (χ2v) is 7.85. The van der Waals surface area contributed by atoms with Gasteiger partial charge in [-0.15, -0.1) is 0 Å². The van der Waals surface area contributed by atoms with Gasteiger partial charge in [0.25, 0.3) is 0 Å². The van der Waals surface area contributed by atoms with E-state index in [2.05, 4.69) is 29.8 Å². The summed E-state index contributed by atoms with van der Waals surface area (Å²) >= 11 is 3.46. The maximum atomic E-state index is 13.2. The molecule has 1 aliphatic rings. The maximum Gasteiger partial charge on any atom is 0.195 e. The van der Waals surface area contributed by atoms with Crippen LogP contribution in [0.5, 0.6) is 0 Å². The van der Waals surface area contributed by atoms with Crippen LogP contribution >= 0.6 is 15.9 Å². The number of anilines is 1. The smallest absolute Gasteiger partial charge is 0.195 e. The van der Waals surface area contributed by atoms with Crippen LogP contribution in [-0.4, -0.2) is 11.6 Å². The first-order valence-electron chi connectivity index (χ1n) is 9.28. The number of hydrogen-bond donors (Lipinski definition) is 1. The van der Waals surface area contributed by atoms with Crippen LogP contribution in [0.1, 0.15) is 76.9 Å². The van der Waals surface area contributed by atoms with Gasteiger partial charge in [-0.1, -0.05) is 63.8 Å². The lowest BCUT2D eigenvalue weighted by Gasteiger charge is -2.25. The van der Waals surface area contributed by atoms with Gasteiger partial charge in [-0.3, -0.25) is 9.59 Å². The van der Waals surface area contributed by atoms with Crippen LogP contribution in [0.4, 0.5) is 5.69 Å². The van der Waals surface area contributed by atoms with Gasteiger partial charge in [0.1, 0.15) is 0 Å². The van der Waals surface area contributed by atoms with Gasteiger partial charge >= 0.3 is 0 Å². The lowest BCUT2D eigenvalue weighted by Crippen LogP contribution is -2.24. The number of rotatable bonds is 6. The molecule has 0 spiro atoms. The quantitative estimate of drug-likeness (QED) is 0.537. The summed E-state index contributed by atoms with van der Waals surface area (Å²) in [6.45, 7) is 4.35. The van der Waals surface area contributed by atoms with Crippen molar-refractivity contribution < 1.29 is 9.59 Å². The Hall–Kier alpha value is -1.94. The van der Waals surface area contributed by atoms with E-state index >= 15 is 0 Å². The highest BCUT2D eigenvalue weighted by Gasteiger charge is 2.34. The van der Waals surface area contributed by atoms with E-state index in [9.17, 15) is 9.59 Å². The Morgan fingerprint density at radius 1 is 1.04 bits per heavy atom. The molecule has 3 nitrogen and oxygen atoms in total. The second kappa shape index (κ2) is 7.75. The fourth-order valence-electron chi connectivity index (χ4n) is 3.78. The maximum absolute atomic E-state index is 13.2. The minimum Gasteiger partial charge on any atom is -0.398 e. The Bertz CT molecular complexity index is 873. The third-order valence-corrected chi connectivity index (χ3v) is 5.95. The molecule has 1 unspecified atom stereocenters. The largest absolute Gasteiger partial charge is 0.398 e. The fraction of sp³-hybridized carbons (Fsp3) is 0.364. The summed E-state index contributed by atoms with van der Waals surface area (Å²) in [6.07, 6.45) is 5.18. The summed E-state index contributed by atoms with van der Waals surface area (Å²) in [6, 6.07) is 8.82.